The van der Waals surface area contributed by atoms with Crippen LogP contribution < -0.4 is 5.48 Å². The number of pyridine rings is 1. The second kappa shape index (κ2) is 7.72. The second-order valence-electron chi connectivity index (χ2n) is 8.32. The number of aromatic nitrogens is 3. The van der Waals surface area contributed by atoms with Crippen LogP contribution in [0.2, 0.25) is 0 Å². The van der Waals surface area contributed by atoms with Gasteiger partial charge in [-0.05, 0) is 45.2 Å². The largest absolute Gasteiger partial charge is 0.275 e. The Morgan fingerprint density at radius 1 is 1.21 bits per heavy atom. The molecule has 0 saturated heterocycles. The molecule has 0 unspecified atom stereocenters. The quantitative estimate of drug-likeness (QED) is 0.663. The highest BCUT2D eigenvalue weighted by molar-refractivity contribution is 6.06. The Morgan fingerprint density at radius 3 is 2.50 bits per heavy atom. The zero-order valence-electron chi connectivity index (χ0n) is 17.4. The van der Waals surface area contributed by atoms with Crippen molar-refractivity contribution in [1.29, 1.82) is 0 Å². The van der Waals surface area contributed by atoms with Crippen LogP contribution >= 0.6 is 0 Å². The summed E-state index contributed by atoms with van der Waals surface area (Å²) in [6.07, 6.45) is 0. The molecule has 2 aromatic heterocycles. The van der Waals surface area contributed by atoms with E-state index in [2.05, 4.69) is 45.2 Å². The van der Waals surface area contributed by atoms with E-state index in [9.17, 15) is 4.79 Å². The zero-order valence-corrected chi connectivity index (χ0v) is 17.4. The molecule has 0 radical (unpaired) electrons. The van der Waals surface area contributed by atoms with Gasteiger partial charge in [-0.2, -0.15) is 5.10 Å². The molecule has 0 aliphatic heterocycles. The van der Waals surface area contributed by atoms with E-state index >= 15 is 0 Å². The van der Waals surface area contributed by atoms with Gasteiger partial charge in [0.2, 0.25) is 0 Å². The Hall–Kier alpha value is -2.73. The third-order valence-electron chi connectivity index (χ3n) is 4.55. The Kier molecular flexibility index (Phi) is 5.52. The van der Waals surface area contributed by atoms with Crippen molar-refractivity contribution in [3.05, 3.63) is 58.9 Å². The number of nitrogens with zero attached hydrogens (tertiary/aromatic N) is 3. The van der Waals surface area contributed by atoms with Crippen molar-refractivity contribution in [1.82, 2.24) is 20.2 Å². The number of aryl methyl sites for hydroxylation is 1. The molecule has 3 rings (SSSR count). The number of hydrogen-bond acceptors (Lipinski definition) is 4. The van der Waals surface area contributed by atoms with Crippen molar-refractivity contribution in [3.8, 4) is 0 Å². The normalized spacial score (nSPS) is 12.0. The molecule has 0 bridgehead atoms. The summed E-state index contributed by atoms with van der Waals surface area (Å²) in [5.74, 6) is -0.105. The zero-order chi connectivity index (χ0) is 20.5. The van der Waals surface area contributed by atoms with Crippen molar-refractivity contribution in [2.45, 2.75) is 59.6 Å². The molecule has 1 aromatic carbocycles. The number of fused-ring (bicyclic) bond motifs is 1. The van der Waals surface area contributed by atoms with Crippen LogP contribution in [0.5, 0.6) is 0 Å². The van der Waals surface area contributed by atoms with Gasteiger partial charge in [0.15, 0.2) is 5.65 Å². The minimum Gasteiger partial charge on any atom is -0.269 e. The fraction of sp³-hybridized carbons (Fsp3) is 0.409. The lowest BCUT2D eigenvalue weighted by atomic mass is 10.0. The maximum atomic E-state index is 12.9. The average molecular weight is 380 g/mol. The molecular formula is C22H28N4O2. The van der Waals surface area contributed by atoms with Gasteiger partial charge in [-0.1, -0.05) is 44.2 Å². The number of carbonyl (C=O) groups excluding carboxylic acids is 1. The van der Waals surface area contributed by atoms with Gasteiger partial charge in [0.1, 0.15) is 0 Å². The van der Waals surface area contributed by atoms with E-state index in [0.29, 0.717) is 12.2 Å². The first-order valence-corrected chi connectivity index (χ1v) is 9.55. The predicted octanol–water partition coefficient (Wildman–Crippen LogP) is 4.48. The van der Waals surface area contributed by atoms with Crippen LogP contribution in [0.4, 0.5) is 0 Å². The molecule has 1 amide bonds. The third-order valence-corrected chi connectivity index (χ3v) is 4.55. The number of hydroxylamine groups is 1. The molecule has 6 heteroatoms. The summed E-state index contributed by atoms with van der Waals surface area (Å²) in [5.41, 5.74) is 6.22. The molecule has 1 N–H and O–H groups in total. The average Bonchev–Trinajstić information content (AvgIpc) is 2.99. The molecular weight excluding hydrogens is 352 g/mol. The number of nitrogens with one attached hydrogen (secondary N) is 1. The van der Waals surface area contributed by atoms with E-state index in [-0.39, 0.29) is 17.4 Å². The van der Waals surface area contributed by atoms with Crippen LogP contribution in [-0.2, 0) is 17.0 Å². The topological polar surface area (TPSA) is 69.0 Å². The van der Waals surface area contributed by atoms with E-state index in [1.54, 1.807) is 0 Å². The van der Waals surface area contributed by atoms with Crippen molar-refractivity contribution < 1.29 is 9.63 Å². The van der Waals surface area contributed by atoms with Crippen LogP contribution in [0, 0.1) is 6.92 Å². The maximum Gasteiger partial charge on any atom is 0.275 e. The van der Waals surface area contributed by atoms with Crippen LogP contribution in [0.25, 0.3) is 11.0 Å². The maximum absolute atomic E-state index is 12.9. The van der Waals surface area contributed by atoms with Gasteiger partial charge in [-0.15, -0.1) is 0 Å². The fourth-order valence-electron chi connectivity index (χ4n) is 3.07. The Bertz CT molecular complexity index is 985. The van der Waals surface area contributed by atoms with E-state index < -0.39 is 0 Å². The van der Waals surface area contributed by atoms with Gasteiger partial charge in [-0.3, -0.25) is 9.63 Å². The lowest BCUT2D eigenvalue weighted by Crippen LogP contribution is -2.25. The van der Waals surface area contributed by atoms with Gasteiger partial charge in [0, 0.05) is 5.69 Å². The Balaban J connectivity index is 1.96. The minimum atomic E-state index is -0.290. The number of hydrogen-bond donors (Lipinski definition) is 1. The third kappa shape index (κ3) is 4.07. The number of benzene rings is 1. The number of rotatable bonds is 5. The Morgan fingerprint density at radius 2 is 1.89 bits per heavy atom. The molecule has 2 heterocycles. The summed E-state index contributed by atoms with van der Waals surface area (Å²) in [5, 5.41) is 5.43. The summed E-state index contributed by atoms with van der Waals surface area (Å²) in [4.78, 5) is 23.2. The van der Waals surface area contributed by atoms with Gasteiger partial charge in [-0.25, -0.2) is 15.1 Å². The molecule has 0 fully saturated rings. The molecule has 0 spiro atoms. The van der Waals surface area contributed by atoms with Gasteiger partial charge in [0.25, 0.3) is 5.91 Å². The summed E-state index contributed by atoms with van der Waals surface area (Å²) in [6.45, 7) is 12.6. The highest BCUT2D eigenvalue weighted by Gasteiger charge is 2.25. The van der Waals surface area contributed by atoms with Gasteiger partial charge in [0.05, 0.1) is 28.8 Å². The van der Waals surface area contributed by atoms with E-state index in [1.807, 2.05) is 48.0 Å². The second-order valence-corrected chi connectivity index (χ2v) is 8.32. The van der Waals surface area contributed by atoms with Crippen LogP contribution in [0.3, 0.4) is 0 Å². The Labute approximate surface area is 165 Å². The van der Waals surface area contributed by atoms with Crippen molar-refractivity contribution in [3.63, 3.8) is 0 Å². The van der Waals surface area contributed by atoms with E-state index in [4.69, 9.17) is 9.82 Å². The lowest BCUT2D eigenvalue weighted by molar-refractivity contribution is 0.0235. The summed E-state index contributed by atoms with van der Waals surface area (Å²) in [7, 11) is 0. The standard InChI is InChI=1S/C22H28N4O2/c1-14(2)18-12-17(21(27)25-28-13-16-10-8-7-9-11-16)19-15(3)24-26(20(19)23-18)22(4,5)6/h7-12,14H,13H2,1-6H3,(H,25,27). The molecule has 148 valence electrons. The number of carbonyl (C=O) groups is 1. The first kappa shape index (κ1) is 20.0. The first-order chi connectivity index (χ1) is 13.2. The van der Waals surface area contributed by atoms with Gasteiger partial charge >= 0.3 is 0 Å². The molecule has 0 aliphatic carbocycles. The first-order valence-electron chi connectivity index (χ1n) is 9.55. The molecule has 0 saturated carbocycles. The van der Waals surface area contributed by atoms with Gasteiger partial charge < -0.3 is 0 Å². The van der Waals surface area contributed by atoms with E-state index in [1.165, 1.54) is 0 Å². The SMILES string of the molecule is Cc1nn(C(C)(C)C)c2nc(C(C)C)cc(C(=O)NOCc3ccccc3)c12. The summed E-state index contributed by atoms with van der Waals surface area (Å²) in [6, 6.07) is 11.6. The predicted molar refractivity (Wildman–Crippen MR) is 110 cm³/mol. The van der Waals surface area contributed by atoms with Crippen LogP contribution in [0.1, 0.15) is 67.8 Å². The minimum absolute atomic E-state index is 0.185. The van der Waals surface area contributed by atoms with Crippen molar-refractivity contribution >= 4 is 16.9 Å². The van der Waals surface area contributed by atoms with Crippen LogP contribution in [0.15, 0.2) is 36.4 Å². The summed E-state index contributed by atoms with van der Waals surface area (Å²) >= 11 is 0. The number of amides is 1. The molecule has 0 aliphatic rings. The molecule has 28 heavy (non-hydrogen) atoms. The highest BCUT2D eigenvalue weighted by Crippen LogP contribution is 2.28. The smallest absolute Gasteiger partial charge is 0.269 e. The highest BCUT2D eigenvalue weighted by atomic mass is 16.6. The van der Waals surface area contributed by atoms with Crippen molar-refractivity contribution in [2.24, 2.45) is 0 Å². The lowest BCUT2D eigenvalue weighted by Gasteiger charge is -2.20. The molecule has 6 nitrogen and oxygen atoms in total. The van der Waals surface area contributed by atoms with Crippen molar-refractivity contribution in [2.75, 3.05) is 0 Å². The monoisotopic (exact) mass is 380 g/mol. The van der Waals surface area contributed by atoms with E-state index in [0.717, 1.165) is 28.0 Å². The van der Waals surface area contributed by atoms with Crippen LogP contribution in [-0.4, -0.2) is 20.7 Å². The molecule has 0 atom stereocenters. The summed E-state index contributed by atoms with van der Waals surface area (Å²) < 4.78 is 1.89. The molecule has 3 aromatic rings. The fourth-order valence-corrected chi connectivity index (χ4v) is 3.07.